The summed E-state index contributed by atoms with van der Waals surface area (Å²) < 4.78 is 13.8. The molecule has 138 valence electrons. The molecule has 4 rings (SSSR count). The molecule has 0 aromatic heterocycles. The van der Waals surface area contributed by atoms with Crippen LogP contribution in [0.3, 0.4) is 0 Å². The second-order valence-electron chi connectivity index (χ2n) is 7.16. The number of hydrogen-bond acceptors (Lipinski definition) is 2. The number of piperidine rings is 1. The van der Waals surface area contributed by atoms with Gasteiger partial charge in [0.1, 0.15) is 5.82 Å². The zero-order chi connectivity index (χ0) is 18.6. The summed E-state index contributed by atoms with van der Waals surface area (Å²) in [7, 11) is 0. The largest absolute Gasteiger partial charge is 0.325 e. The highest BCUT2D eigenvalue weighted by atomic mass is 19.1. The number of rotatable bonds is 4. The molecule has 0 unspecified atom stereocenters. The van der Waals surface area contributed by atoms with Gasteiger partial charge < -0.3 is 5.32 Å². The third kappa shape index (κ3) is 4.01. The lowest BCUT2D eigenvalue weighted by Gasteiger charge is -2.31. The summed E-state index contributed by atoms with van der Waals surface area (Å²) >= 11 is 0. The molecule has 4 heteroatoms. The SMILES string of the molecule is O=C(Nc1cccc2ccccc12)C1CCN(Cc2ccccc2F)CC1. The van der Waals surface area contributed by atoms with Gasteiger partial charge in [0, 0.05) is 29.1 Å². The van der Waals surface area contributed by atoms with Crippen LogP contribution in [0, 0.1) is 11.7 Å². The Labute approximate surface area is 158 Å². The van der Waals surface area contributed by atoms with Gasteiger partial charge in [-0.3, -0.25) is 9.69 Å². The van der Waals surface area contributed by atoms with Crippen LogP contribution in [0.1, 0.15) is 18.4 Å². The number of carbonyl (C=O) groups excluding carboxylic acids is 1. The monoisotopic (exact) mass is 362 g/mol. The van der Waals surface area contributed by atoms with Gasteiger partial charge in [0.2, 0.25) is 5.91 Å². The Balaban J connectivity index is 1.37. The Morgan fingerprint density at radius 1 is 0.963 bits per heavy atom. The Morgan fingerprint density at radius 2 is 1.67 bits per heavy atom. The van der Waals surface area contributed by atoms with Gasteiger partial charge in [0.15, 0.2) is 0 Å². The molecule has 0 spiro atoms. The van der Waals surface area contributed by atoms with E-state index in [2.05, 4.69) is 10.2 Å². The lowest BCUT2D eigenvalue weighted by Crippen LogP contribution is -2.37. The summed E-state index contributed by atoms with van der Waals surface area (Å²) in [5.74, 6) is -0.0777. The smallest absolute Gasteiger partial charge is 0.227 e. The summed E-state index contributed by atoms with van der Waals surface area (Å²) in [6, 6.07) is 20.9. The second-order valence-corrected chi connectivity index (χ2v) is 7.16. The molecule has 1 aliphatic heterocycles. The molecule has 0 bridgehead atoms. The summed E-state index contributed by atoms with van der Waals surface area (Å²) in [4.78, 5) is 15.0. The van der Waals surface area contributed by atoms with Crippen molar-refractivity contribution in [3.63, 3.8) is 0 Å². The summed E-state index contributed by atoms with van der Waals surface area (Å²) in [5.41, 5.74) is 1.59. The molecule has 0 radical (unpaired) electrons. The zero-order valence-corrected chi connectivity index (χ0v) is 15.2. The predicted octanol–water partition coefficient (Wildman–Crippen LogP) is 4.83. The molecule has 1 amide bonds. The van der Waals surface area contributed by atoms with E-state index in [1.165, 1.54) is 6.07 Å². The van der Waals surface area contributed by atoms with E-state index >= 15 is 0 Å². The number of nitrogens with one attached hydrogen (secondary N) is 1. The normalized spacial score (nSPS) is 15.7. The Bertz CT molecular complexity index is 943. The number of fused-ring (bicyclic) bond motifs is 1. The number of carbonyl (C=O) groups is 1. The molecule has 1 saturated heterocycles. The predicted molar refractivity (Wildman–Crippen MR) is 107 cm³/mol. The number of halogens is 1. The van der Waals surface area contributed by atoms with Crippen molar-refractivity contribution in [3.05, 3.63) is 78.1 Å². The minimum Gasteiger partial charge on any atom is -0.325 e. The molecule has 0 atom stereocenters. The van der Waals surface area contributed by atoms with Gasteiger partial charge in [0.05, 0.1) is 0 Å². The Morgan fingerprint density at radius 3 is 2.48 bits per heavy atom. The van der Waals surface area contributed by atoms with E-state index in [0.29, 0.717) is 6.54 Å². The van der Waals surface area contributed by atoms with Crippen molar-refractivity contribution in [3.8, 4) is 0 Å². The highest BCUT2D eigenvalue weighted by molar-refractivity contribution is 6.02. The first kappa shape index (κ1) is 17.7. The first-order valence-electron chi connectivity index (χ1n) is 9.45. The van der Waals surface area contributed by atoms with Gasteiger partial charge in [-0.15, -0.1) is 0 Å². The maximum absolute atomic E-state index is 13.8. The highest BCUT2D eigenvalue weighted by Gasteiger charge is 2.25. The van der Waals surface area contributed by atoms with Crippen LogP contribution in [0.2, 0.25) is 0 Å². The van der Waals surface area contributed by atoms with Crippen molar-refractivity contribution in [2.24, 2.45) is 5.92 Å². The second kappa shape index (κ2) is 7.89. The topological polar surface area (TPSA) is 32.3 Å². The first-order valence-corrected chi connectivity index (χ1v) is 9.45. The number of nitrogens with zero attached hydrogens (tertiary/aromatic N) is 1. The molecule has 1 N–H and O–H groups in total. The van der Waals surface area contributed by atoms with Crippen molar-refractivity contribution < 1.29 is 9.18 Å². The maximum Gasteiger partial charge on any atom is 0.227 e. The minimum absolute atomic E-state index is 0.000777. The fourth-order valence-electron chi connectivity index (χ4n) is 3.79. The molecule has 3 aromatic carbocycles. The van der Waals surface area contributed by atoms with Crippen molar-refractivity contribution in [2.75, 3.05) is 18.4 Å². The van der Waals surface area contributed by atoms with E-state index in [-0.39, 0.29) is 17.6 Å². The molecule has 3 aromatic rings. The van der Waals surface area contributed by atoms with Crippen LogP contribution in [-0.2, 0) is 11.3 Å². The number of likely N-dealkylation sites (tertiary alicyclic amines) is 1. The zero-order valence-electron chi connectivity index (χ0n) is 15.2. The number of anilines is 1. The van der Waals surface area contributed by atoms with E-state index in [4.69, 9.17) is 0 Å². The van der Waals surface area contributed by atoms with E-state index in [1.54, 1.807) is 6.07 Å². The fourth-order valence-corrected chi connectivity index (χ4v) is 3.79. The average Bonchev–Trinajstić information content (AvgIpc) is 2.70. The standard InChI is InChI=1S/C23H23FN2O/c24-21-10-4-2-7-19(21)16-26-14-12-18(13-15-26)23(27)25-22-11-5-8-17-6-1-3-9-20(17)22/h1-11,18H,12-16H2,(H,25,27). The van der Waals surface area contributed by atoms with Crippen LogP contribution >= 0.6 is 0 Å². The van der Waals surface area contributed by atoms with Crippen LogP contribution in [0.4, 0.5) is 10.1 Å². The highest BCUT2D eigenvalue weighted by Crippen LogP contribution is 2.26. The average molecular weight is 362 g/mol. The van der Waals surface area contributed by atoms with Gasteiger partial charge in [0.25, 0.3) is 0 Å². The molecule has 3 nitrogen and oxygen atoms in total. The van der Waals surface area contributed by atoms with Crippen LogP contribution in [0.5, 0.6) is 0 Å². The van der Waals surface area contributed by atoms with Gasteiger partial charge in [-0.05, 0) is 43.5 Å². The molecule has 1 aliphatic rings. The first-order chi connectivity index (χ1) is 13.2. The number of benzene rings is 3. The lowest BCUT2D eigenvalue weighted by atomic mass is 9.95. The van der Waals surface area contributed by atoms with Gasteiger partial charge in [-0.25, -0.2) is 4.39 Å². The number of hydrogen-bond donors (Lipinski definition) is 1. The van der Waals surface area contributed by atoms with Crippen LogP contribution in [0.25, 0.3) is 10.8 Å². The van der Waals surface area contributed by atoms with Gasteiger partial charge in [-0.1, -0.05) is 54.6 Å². The van der Waals surface area contributed by atoms with Crippen LogP contribution in [0.15, 0.2) is 66.7 Å². The summed E-state index contributed by atoms with van der Waals surface area (Å²) in [5, 5.41) is 5.29. The molecule has 27 heavy (non-hydrogen) atoms. The summed E-state index contributed by atoms with van der Waals surface area (Å²) in [6.07, 6.45) is 1.59. The van der Waals surface area contributed by atoms with Crippen LogP contribution in [-0.4, -0.2) is 23.9 Å². The number of amides is 1. The summed E-state index contributed by atoms with van der Waals surface area (Å²) in [6.45, 7) is 2.22. The molecular formula is C23H23FN2O. The van der Waals surface area contributed by atoms with Crippen LogP contribution < -0.4 is 5.32 Å². The van der Waals surface area contributed by atoms with Crippen molar-refractivity contribution in [1.29, 1.82) is 0 Å². The Kier molecular flexibility index (Phi) is 5.16. The van der Waals surface area contributed by atoms with Crippen molar-refractivity contribution >= 4 is 22.4 Å². The molecular weight excluding hydrogens is 339 g/mol. The molecule has 1 fully saturated rings. The third-order valence-corrected chi connectivity index (χ3v) is 5.36. The Hall–Kier alpha value is -2.72. The third-order valence-electron chi connectivity index (χ3n) is 5.36. The minimum atomic E-state index is -0.159. The molecule has 1 heterocycles. The lowest BCUT2D eigenvalue weighted by molar-refractivity contribution is -0.121. The quantitative estimate of drug-likeness (QED) is 0.721. The van der Waals surface area contributed by atoms with Gasteiger partial charge in [-0.2, -0.15) is 0 Å². The molecule has 0 saturated carbocycles. The molecule has 0 aliphatic carbocycles. The fraction of sp³-hybridized carbons (Fsp3) is 0.261. The maximum atomic E-state index is 13.8. The van der Waals surface area contributed by atoms with E-state index < -0.39 is 0 Å². The van der Waals surface area contributed by atoms with E-state index in [1.807, 2.05) is 54.6 Å². The van der Waals surface area contributed by atoms with Crippen molar-refractivity contribution in [1.82, 2.24) is 4.90 Å². The van der Waals surface area contributed by atoms with E-state index in [9.17, 15) is 9.18 Å². The van der Waals surface area contributed by atoms with Crippen molar-refractivity contribution in [2.45, 2.75) is 19.4 Å². The van der Waals surface area contributed by atoms with E-state index in [0.717, 1.165) is 48.0 Å². The van der Waals surface area contributed by atoms with Gasteiger partial charge >= 0.3 is 0 Å².